The highest BCUT2D eigenvalue weighted by atomic mass is 35.5. The summed E-state index contributed by atoms with van der Waals surface area (Å²) in [6, 6.07) is 18.2. The Balaban J connectivity index is 2.05. The number of halogens is 2. The highest BCUT2D eigenvalue weighted by molar-refractivity contribution is 7.92. The van der Waals surface area contributed by atoms with Crippen molar-refractivity contribution < 1.29 is 22.7 Å². The average Bonchev–Trinajstić information content (AvgIpc) is 2.92. The van der Waals surface area contributed by atoms with Crippen molar-refractivity contribution in [3.8, 4) is 5.75 Å². The lowest BCUT2D eigenvalue weighted by molar-refractivity contribution is -0.140. The maximum Gasteiger partial charge on any atom is 0.264 e. The molecule has 208 valence electrons. The average molecular weight is 593 g/mol. The molecule has 0 aliphatic heterocycles. The van der Waals surface area contributed by atoms with E-state index in [0.29, 0.717) is 28.8 Å². The second kappa shape index (κ2) is 13.7. The van der Waals surface area contributed by atoms with E-state index >= 15 is 0 Å². The Labute approximate surface area is 239 Å². The summed E-state index contributed by atoms with van der Waals surface area (Å²) in [7, 11) is -2.66. The van der Waals surface area contributed by atoms with Crippen LogP contribution in [0.3, 0.4) is 0 Å². The highest BCUT2D eigenvalue weighted by Gasteiger charge is 2.33. The van der Waals surface area contributed by atoms with Crippen LogP contribution in [0, 0.1) is 0 Å². The van der Waals surface area contributed by atoms with Crippen LogP contribution in [0.4, 0.5) is 5.69 Å². The number of sulfonamides is 1. The molecular weight excluding hydrogens is 561 g/mol. The minimum Gasteiger partial charge on any atom is -0.497 e. The SMILES string of the molecule is CCNC(=O)C(CC)N(Cc1ccc(OC)cc1)C(=O)CN(c1cccc(Cl)c1)S(=O)(=O)c1ccc(Cl)cc1. The standard InChI is InChI=1S/C28H31Cl2N3O5S/c1-4-26(28(35)31-5-2)32(18-20-9-13-24(38-3)14-10-20)27(34)19-33(23-8-6-7-22(30)17-23)39(36,37)25-15-11-21(29)12-16-25/h6-17,26H,4-5,18-19H2,1-3H3,(H,31,35). The molecule has 1 N–H and O–H groups in total. The number of hydrogen-bond acceptors (Lipinski definition) is 5. The number of hydrogen-bond donors (Lipinski definition) is 1. The van der Waals surface area contributed by atoms with Crippen molar-refractivity contribution in [1.29, 1.82) is 0 Å². The molecule has 0 heterocycles. The van der Waals surface area contributed by atoms with Crippen molar-refractivity contribution in [3.63, 3.8) is 0 Å². The number of anilines is 1. The maximum absolute atomic E-state index is 13.9. The van der Waals surface area contributed by atoms with Gasteiger partial charge in [-0.2, -0.15) is 0 Å². The lowest BCUT2D eigenvalue weighted by Gasteiger charge is -2.33. The first-order valence-electron chi connectivity index (χ1n) is 12.3. The molecule has 0 aliphatic carbocycles. The topological polar surface area (TPSA) is 96.0 Å². The molecule has 0 saturated carbocycles. The molecule has 8 nitrogen and oxygen atoms in total. The van der Waals surface area contributed by atoms with Crippen LogP contribution in [-0.2, 0) is 26.2 Å². The predicted octanol–water partition coefficient (Wildman–Crippen LogP) is 5.14. The summed E-state index contributed by atoms with van der Waals surface area (Å²) >= 11 is 12.2. The Kier molecular flexibility index (Phi) is 10.6. The number of carbonyl (C=O) groups excluding carboxylic acids is 2. The number of likely N-dealkylation sites (N-methyl/N-ethyl adjacent to an activating group) is 1. The van der Waals surface area contributed by atoms with Gasteiger partial charge in [0.25, 0.3) is 10.0 Å². The molecule has 3 aromatic rings. The zero-order valence-electron chi connectivity index (χ0n) is 21.9. The van der Waals surface area contributed by atoms with Crippen molar-refractivity contribution >= 4 is 50.7 Å². The fourth-order valence-corrected chi connectivity index (χ4v) is 5.75. The normalized spacial score (nSPS) is 11.9. The third-order valence-corrected chi connectivity index (χ3v) is 8.30. The molecule has 39 heavy (non-hydrogen) atoms. The highest BCUT2D eigenvalue weighted by Crippen LogP contribution is 2.28. The van der Waals surface area contributed by atoms with Gasteiger partial charge in [0.15, 0.2) is 0 Å². The van der Waals surface area contributed by atoms with Crippen molar-refractivity contribution in [2.75, 3.05) is 24.5 Å². The molecule has 0 aromatic heterocycles. The monoisotopic (exact) mass is 591 g/mol. The second-order valence-corrected chi connectivity index (χ2v) is 11.4. The van der Waals surface area contributed by atoms with Crippen LogP contribution >= 0.6 is 23.2 Å². The smallest absolute Gasteiger partial charge is 0.264 e. The summed E-state index contributed by atoms with van der Waals surface area (Å²) in [6.45, 7) is 3.51. The Morgan fingerprint density at radius 2 is 1.62 bits per heavy atom. The molecule has 0 aliphatic rings. The first-order valence-corrected chi connectivity index (χ1v) is 14.5. The largest absolute Gasteiger partial charge is 0.497 e. The third kappa shape index (κ3) is 7.65. The lowest BCUT2D eigenvalue weighted by Crippen LogP contribution is -2.52. The molecular formula is C28H31Cl2N3O5S. The van der Waals surface area contributed by atoms with Gasteiger partial charge in [-0.1, -0.05) is 48.3 Å². The first-order chi connectivity index (χ1) is 18.6. The summed E-state index contributed by atoms with van der Waals surface area (Å²) in [5.41, 5.74) is 0.961. The van der Waals surface area contributed by atoms with Crippen LogP contribution < -0.4 is 14.4 Å². The molecule has 1 unspecified atom stereocenters. The van der Waals surface area contributed by atoms with Gasteiger partial charge in [-0.3, -0.25) is 13.9 Å². The number of benzene rings is 3. The van der Waals surface area contributed by atoms with Crippen LogP contribution in [0.2, 0.25) is 10.0 Å². The zero-order chi connectivity index (χ0) is 28.6. The first kappa shape index (κ1) is 30.3. The van der Waals surface area contributed by atoms with Crippen molar-refractivity contribution in [2.45, 2.75) is 37.8 Å². The van der Waals surface area contributed by atoms with Crippen molar-refractivity contribution in [2.24, 2.45) is 0 Å². The number of nitrogens with one attached hydrogen (secondary N) is 1. The van der Waals surface area contributed by atoms with E-state index in [-0.39, 0.29) is 23.0 Å². The molecule has 0 radical (unpaired) electrons. The van der Waals surface area contributed by atoms with Crippen LogP contribution in [0.25, 0.3) is 0 Å². The van der Waals surface area contributed by atoms with Gasteiger partial charge >= 0.3 is 0 Å². The summed E-state index contributed by atoms with van der Waals surface area (Å²) in [5.74, 6) is -0.230. The second-order valence-electron chi connectivity index (χ2n) is 8.63. The summed E-state index contributed by atoms with van der Waals surface area (Å²) in [4.78, 5) is 28.3. The van der Waals surface area contributed by atoms with E-state index in [9.17, 15) is 18.0 Å². The van der Waals surface area contributed by atoms with Crippen molar-refractivity contribution in [1.82, 2.24) is 10.2 Å². The van der Waals surface area contributed by atoms with Gasteiger partial charge in [-0.15, -0.1) is 0 Å². The van der Waals surface area contributed by atoms with Gasteiger partial charge in [0.05, 0.1) is 17.7 Å². The number of nitrogens with zero attached hydrogens (tertiary/aromatic N) is 2. The van der Waals surface area contributed by atoms with Crippen LogP contribution in [-0.4, -0.2) is 51.4 Å². The number of methoxy groups -OCH3 is 1. The Morgan fingerprint density at radius 3 is 2.18 bits per heavy atom. The van der Waals surface area contributed by atoms with Gasteiger partial charge in [0, 0.05) is 23.1 Å². The molecule has 0 fully saturated rings. The zero-order valence-corrected chi connectivity index (χ0v) is 24.3. The van der Waals surface area contributed by atoms with E-state index < -0.39 is 28.5 Å². The van der Waals surface area contributed by atoms with Gasteiger partial charge in [0.1, 0.15) is 18.3 Å². The van der Waals surface area contributed by atoms with Crippen LogP contribution in [0.15, 0.2) is 77.7 Å². The number of amides is 2. The molecule has 0 saturated heterocycles. The van der Waals surface area contributed by atoms with Crippen LogP contribution in [0.5, 0.6) is 5.75 Å². The Hall–Kier alpha value is -3.27. The predicted molar refractivity (Wildman–Crippen MR) is 154 cm³/mol. The maximum atomic E-state index is 13.9. The molecule has 0 bridgehead atoms. The van der Waals surface area contributed by atoms with E-state index in [1.807, 2.05) is 0 Å². The van der Waals surface area contributed by atoms with E-state index in [2.05, 4.69) is 5.32 Å². The van der Waals surface area contributed by atoms with E-state index in [0.717, 1.165) is 9.87 Å². The van der Waals surface area contributed by atoms with Gasteiger partial charge in [0.2, 0.25) is 11.8 Å². The molecule has 3 aromatic carbocycles. The summed E-state index contributed by atoms with van der Waals surface area (Å²) < 4.78 is 33.8. The van der Waals surface area contributed by atoms with E-state index in [1.165, 1.54) is 35.2 Å². The summed E-state index contributed by atoms with van der Waals surface area (Å²) in [5, 5.41) is 3.45. The molecule has 11 heteroatoms. The third-order valence-electron chi connectivity index (χ3n) is 6.03. The summed E-state index contributed by atoms with van der Waals surface area (Å²) in [6.07, 6.45) is 0.328. The minimum atomic E-state index is -4.21. The van der Waals surface area contributed by atoms with Gasteiger partial charge < -0.3 is 15.0 Å². The molecule has 0 spiro atoms. The van der Waals surface area contributed by atoms with E-state index in [1.54, 1.807) is 63.4 Å². The lowest BCUT2D eigenvalue weighted by atomic mass is 10.1. The van der Waals surface area contributed by atoms with E-state index in [4.69, 9.17) is 27.9 Å². The quantitative estimate of drug-likeness (QED) is 0.314. The minimum absolute atomic E-state index is 0.0443. The Bertz CT molecular complexity index is 1380. The van der Waals surface area contributed by atoms with Gasteiger partial charge in [-0.05, 0) is 73.5 Å². The fraction of sp³-hybridized carbons (Fsp3) is 0.286. The molecule has 2 amide bonds. The number of ether oxygens (including phenoxy) is 1. The van der Waals surface area contributed by atoms with Crippen molar-refractivity contribution in [3.05, 3.63) is 88.4 Å². The number of rotatable bonds is 12. The number of carbonyl (C=O) groups is 2. The van der Waals surface area contributed by atoms with Gasteiger partial charge in [-0.25, -0.2) is 8.42 Å². The molecule has 1 atom stereocenters. The molecule has 3 rings (SSSR count). The Morgan fingerprint density at radius 1 is 0.949 bits per heavy atom. The fourth-order valence-electron chi connectivity index (χ4n) is 4.03. The van der Waals surface area contributed by atoms with Crippen LogP contribution in [0.1, 0.15) is 25.8 Å².